The molecule has 0 saturated carbocycles. The number of aromatic hydroxyl groups is 1. The van der Waals surface area contributed by atoms with Crippen molar-refractivity contribution >= 4 is 0 Å². The number of H-pyrrole nitrogens is 2. The van der Waals surface area contributed by atoms with E-state index in [9.17, 15) is 49.8 Å². The first-order chi connectivity index (χ1) is 16.9. The van der Waals surface area contributed by atoms with Crippen molar-refractivity contribution in [3.63, 3.8) is 0 Å². The van der Waals surface area contributed by atoms with E-state index in [0.29, 0.717) is 15.3 Å². The number of hydrogen-bond donors (Lipinski definition) is 8. The van der Waals surface area contributed by atoms with Crippen molar-refractivity contribution in [2.75, 3.05) is 13.2 Å². The van der Waals surface area contributed by atoms with Gasteiger partial charge >= 0.3 is 11.4 Å². The van der Waals surface area contributed by atoms with Crippen LogP contribution in [0.4, 0.5) is 0 Å². The number of aromatic amines is 2. The molecule has 36 heavy (non-hydrogen) atoms. The maximum Gasteiger partial charge on any atom is 0.332 e. The zero-order valence-electron chi connectivity index (χ0n) is 18.6. The van der Waals surface area contributed by atoms with Crippen LogP contribution < -0.4 is 22.5 Å². The number of aryl methyl sites for hydroxylation is 1. The molecule has 4 heterocycles. The van der Waals surface area contributed by atoms with Crippen molar-refractivity contribution in [2.45, 2.75) is 55.7 Å². The van der Waals surface area contributed by atoms with Crippen molar-refractivity contribution in [3.8, 4) is 5.75 Å². The highest BCUT2D eigenvalue weighted by molar-refractivity contribution is 5.12. The van der Waals surface area contributed by atoms with E-state index in [-0.39, 0.29) is 5.56 Å². The topological polar surface area (TPSA) is 259 Å². The molecule has 2 aromatic heterocycles. The predicted molar refractivity (Wildman–Crippen MR) is 113 cm³/mol. The standard InChI is InChI=1S/C19H24N4O13/c1-7-3-22(16(32)20-14(7)30)18(2-8(26)10(5-24)34-18)36-19(13(29)12(28)11(6-25)35-19)23-4-9(27)15(31)21-17(23)33/h3-4,8,10-13,24-29H,2,5-6H2,1H3,(H,20,30,32)(H,21,31,33)/t8-,10+,11+,12+,13+,18-,19-/m0/s1. The third-order valence-corrected chi connectivity index (χ3v) is 6.04. The van der Waals surface area contributed by atoms with E-state index in [4.69, 9.17) is 14.2 Å². The molecule has 2 aromatic rings. The summed E-state index contributed by atoms with van der Waals surface area (Å²) in [6.45, 7) is -0.355. The minimum Gasteiger partial charge on any atom is -0.502 e. The van der Waals surface area contributed by atoms with Crippen LogP contribution in [0.5, 0.6) is 5.75 Å². The molecule has 0 amide bonds. The number of hydrogen-bond acceptors (Lipinski definition) is 13. The fraction of sp³-hybridized carbons (Fsp3) is 0.579. The van der Waals surface area contributed by atoms with Gasteiger partial charge in [-0.3, -0.25) is 24.3 Å². The van der Waals surface area contributed by atoms with Crippen LogP contribution >= 0.6 is 0 Å². The maximum atomic E-state index is 12.8. The average molecular weight is 516 g/mol. The summed E-state index contributed by atoms with van der Waals surface area (Å²) in [7, 11) is 0. The molecule has 7 atom stereocenters. The van der Waals surface area contributed by atoms with E-state index in [2.05, 4.69) is 0 Å². The van der Waals surface area contributed by atoms with Gasteiger partial charge in [-0.25, -0.2) is 18.7 Å². The molecule has 0 aromatic carbocycles. The van der Waals surface area contributed by atoms with Crippen LogP contribution in [0.2, 0.25) is 0 Å². The average Bonchev–Trinajstić information content (AvgIpc) is 3.27. The summed E-state index contributed by atoms with van der Waals surface area (Å²) >= 11 is 0. The molecule has 0 bridgehead atoms. The predicted octanol–water partition coefficient (Wildman–Crippen LogP) is -5.41. The fourth-order valence-corrected chi connectivity index (χ4v) is 4.18. The number of ether oxygens (including phenoxy) is 3. The molecule has 4 rings (SSSR count). The van der Waals surface area contributed by atoms with Gasteiger partial charge < -0.3 is 40.1 Å². The smallest absolute Gasteiger partial charge is 0.332 e. The van der Waals surface area contributed by atoms with Gasteiger partial charge in [-0.15, -0.1) is 0 Å². The molecule has 0 unspecified atom stereocenters. The van der Waals surface area contributed by atoms with Crippen LogP contribution in [0.25, 0.3) is 0 Å². The molecular weight excluding hydrogens is 492 g/mol. The number of nitrogens with zero attached hydrogens (tertiary/aromatic N) is 2. The minimum absolute atomic E-state index is 0.0304. The Balaban J connectivity index is 2.00. The number of aliphatic hydroxyl groups excluding tert-OH is 5. The summed E-state index contributed by atoms with van der Waals surface area (Å²) in [5.41, 5.74) is -4.46. The molecule has 2 saturated heterocycles. The molecule has 0 spiro atoms. The fourth-order valence-electron chi connectivity index (χ4n) is 4.18. The normalized spacial score (nSPS) is 34.3. The van der Waals surface area contributed by atoms with Gasteiger partial charge in [0.2, 0.25) is 0 Å². The summed E-state index contributed by atoms with van der Waals surface area (Å²) in [6, 6.07) is 0. The monoisotopic (exact) mass is 516 g/mol. The van der Waals surface area contributed by atoms with Gasteiger partial charge in [-0.05, 0) is 6.92 Å². The zero-order chi connectivity index (χ0) is 26.6. The van der Waals surface area contributed by atoms with Gasteiger partial charge in [0.25, 0.3) is 22.9 Å². The summed E-state index contributed by atoms with van der Waals surface area (Å²) in [5.74, 6) is -6.46. The lowest BCUT2D eigenvalue weighted by Crippen LogP contribution is -2.59. The summed E-state index contributed by atoms with van der Waals surface area (Å²) in [5, 5.41) is 61.1. The van der Waals surface area contributed by atoms with Gasteiger partial charge in [0.05, 0.1) is 31.9 Å². The molecular formula is C19H24N4O13. The second kappa shape index (κ2) is 9.05. The first-order valence-electron chi connectivity index (χ1n) is 10.6. The lowest BCUT2D eigenvalue weighted by atomic mass is 10.1. The molecule has 0 radical (unpaired) electrons. The summed E-state index contributed by atoms with van der Waals surface area (Å²) in [4.78, 5) is 52.9. The number of nitrogens with one attached hydrogen (secondary N) is 2. The van der Waals surface area contributed by atoms with Crippen LogP contribution in [-0.2, 0) is 26.0 Å². The van der Waals surface area contributed by atoms with Gasteiger partial charge in [0.15, 0.2) is 11.9 Å². The number of rotatable bonds is 6. The first-order valence-corrected chi connectivity index (χ1v) is 10.6. The Hall–Kier alpha value is -3.16. The maximum absolute atomic E-state index is 12.8. The van der Waals surface area contributed by atoms with E-state index in [0.717, 1.165) is 6.20 Å². The minimum atomic E-state index is -2.90. The highest BCUT2D eigenvalue weighted by atomic mass is 16.8. The third-order valence-electron chi connectivity index (χ3n) is 6.04. The Bertz CT molecular complexity index is 1380. The molecule has 0 aliphatic carbocycles. The molecule has 8 N–H and O–H groups in total. The molecule has 2 aliphatic rings. The summed E-state index contributed by atoms with van der Waals surface area (Å²) in [6.07, 6.45) is -7.76. The lowest BCUT2D eigenvalue weighted by molar-refractivity contribution is -0.434. The van der Waals surface area contributed by atoms with Crippen molar-refractivity contribution < 1.29 is 44.8 Å². The van der Waals surface area contributed by atoms with E-state index < -0.39 is 90.2 Å². The Morgan fingerprint density at radius 1 is 0.972 bits per heavy atom. The van der Waals surface area contributed by atoms with Crippen molar-refractivity contribution in [1.82, 2.24) is 19.1 Å². The van der Waals surface area contributed by atoms with Crippen LogP contribution in [0, 0.1) is 6.92 Å². The lowest BCUT2D eigenvalue weighted by Gasteiger charge is -2.41. The van der Waals surface area contributed by atoms with Crippen LogP contribution in [-0.4, -0.2) is 93.5 Å². The van der Waals surface area contributed by atoms with Crippen molar-refractivity contribution in [3.05, 3.63) is 59.6 Å². The first kappa shape index (κ1) is 25.9. The SMILES string of the molecule is Cc1cn([C@@]2(O[C@@]3(n4cc(O)c(=O)[nH]c4=O)O[C@H](CO)[C@@H](O)[C@H]3O)C[C@H](O)[C@@H](CO)O2)c(=O)[nH]c1=O. The quantitative estimate of drug-likeness (QED) is 0.178. The van der Waals surface area contributed by atoms with Crippen molar-refractivity contribution in [2.24, 2.45) is 0 Å². The summed E-state index contributed by atoms with van der Waals surface area (Å²) < 4.78 is 18.1. The molecule has 17 nitrogen and oxygen atoms in total. The number of aliphatic hydroxyl groups is 5. The molecule has 198 valence electrons. The number of aromatic nitrogens is 4. The Morgan fingerprint density at radius 3 is 2.17 bits per heavy atom. The highest BCUT2D eigenvalue weighted by Crippen LogP contribution is 2.45. The molecule has 2 fully saturated rings. The van der Waals surface area contributed by atoms with E-state index in [1.807, 2.05) is 4.98 Å². The highest BCUT2D eigenvalue weighted by Gasteiger charge is 2.64. The largest absolute Gasteiger partial charge is 0.502 e. The van der Waals surface area contributed by atoms with Gasteiger partial charge in [-0.2, -0.15) is 0 Å². The Kier molecular flexibility index (Phi) is 6.52. The van der Waals surface area contributed by atoms with E-state index >= 15 is 0 Å². The van der Waals surface area contributed by atoms with E-state index in [1.54, 1.807) is 4.98 Å². The van der Waals surface area contributed by atoms with Crippen molar-refractivity contribution in [1.29, 1.82) is 0 Å². The molecule has 2 aliphatic heterocycles. The van der Waals surface area contributed by atoms with Crippen LogP contribution in [0.3, 0.4) is 0 Å². The Morgan fingerprint density at radius 2 is 1.58 bits per heavy atom. The van der Waals surface area contributed by atoms with Gasteiger partial charge in [-0.1, -0.05) is 0 Å². The van der Waals surface area contributed by atoms with Crippen LogP contribution in [0.15, 0.2) is 31.6 Å². The van der Waals surface area contributed by atoms with Gasteiger partial charge in [0.1, 0.15) is 18.3 Å². The Labute approximate surface area is 199 Å². The third kappa shape index (κ3) is 3.91. The molecule has 17 heteroatoms. The zero-order valence-corrected chi connectivity index (χ0v) is 18.6. The van der Waals surface area contributed by atoms with Gasteiger partial charge in [0, 0.05) is 11.8 Å². The van der Waals surface area contributed by atoms with E-state index in [1.165, 1.54) is 6.92 Å². The van der Waals surface area contributed by atoms with Crippen LogP contribution in [0.1, 0.15) is 12.0 Å². The second-order valence-electron chi connectivity index (χ2n) is 8.42. The second-order valence-corrected chi connectivity index (χ2v) is 8.42.